The molecule has 11 heteroatoms. The highest BCUT2D eigenvalue weighted by atomic mass is 32.1. The Morgan fingerprint density at radius 1 is 0.644 bits per heavy atom. The van der Waals surface area contributed by atoms with Crippen LogP contribution in [0.2, 0.25) is 0 Å². The molecule has 0 radical (unpaired) electrons. The average molecular weight is 639 g/mol. The highest BCUT2D eigenvalue weighted by molar-refractivity contribution is 7.17. The summed E-state index contributed by atoms with van der Waals surface area (Å²) in [4.78, 5) is 55.1. The SMILES string of the molecule is CCN(CC)CCCNC(=O)CCNC(=O)c1ccc2cc(C(=O)NCCC(=O)NCCCN(CC)CC)c3sccc3c2c1. The maximum atomic E-state index is 13.1. The first-order valence-electron chi connectivity index (χ1n) is 16.3. The molecule has 2 aromatic carbocycles. The van der Waals surface area contributed by atoms with Gasteiger partial charge in [-0.2, -0.15) is 0 Å². The Hall–Kier alpha value is -3.54. The van der Waals surface area contributed by atoms with Crippen LogP contribution < -0.4 is 21.3 Å². The van der Waals surface area contributed by atoms with Gasteiger partial charge in [0.2, 0.25) is 11.8 Å². The number of carbonyl (C=O) groups excluding carboxylic acids is 4. The lowest BCUT2D eigenvalue weighted by Crippen LogP contribution is -2.33. The van der Waals surface area contributed by atoms with Gasteiger partial charge in [0.15, 0.2) is 0 Å². The Labute approximate surface area is 271 Å². The van der Waals surface area contributed by atoms with Gasteiger partial charge in [-0.25, -0.2) is 0 Å². The van der Waals surface area contributed by atoms with E-state index in [0.717, 1.165) is 73.0 Å². The van der Waals surface area contributed by atoms with E-state index >= 15 is 0 Å². The Kier molecular flexibility index (Phi) is 15.2. The van der Waals surface area contributed by atoms with Crippen LogP contribution >= 0.6 is 11.3 Å². The largest absolute Gasteiger partial charge is 0.356 e. The first-order valence-corrected chi connectivity index (χ1v) is 17.2. The van der Waals surface area contributed by atoms with Crippen molar-refractivity contribution in [2.45, 2.75) is 53.4 Å². The fraction of sp³-hybridized carbons (Fsp3) is 0.529. The Morgan fingerprint density at radius 2 is 1.20 bits per heavy atom. The third-order valence-corrected chi connectivity index (χ3v) is 9.02. The van der Waals surface area contributed by atoms with E-state index in [9.17, 15) is 19.2 Å². The van der Waals surface area contributed by atoms with Crippen LogP contribution in [0.25, 0.3) is 20.9 Å². The fourth-order valence-corrected chi connectivity index (χ4v) is 6.19. The normalized spacial score (nSPS) is 11.3. The molecule has 0 bridgehead atoms. The molecule has 45 heavy (non-hydrogen) atoms. The molecule has 0 spiro atoms. The van der Waals surface area contributed by atoms with E-state index < -0.39 is 0 Å². The Bertz CT molecular complexity index is 1420. The van der Waals surface area contributed by atoms with Crippen molar-refractivity contribution >= 4 is 55.8 Å². The Balaban J connectivity index is 1.50. The lowest BCUT2D eigenvalue weighted by atomic mass is 10.00. The van der Waals surface area contributed by atoms with Gasteiger partial charge >= 0.3 is 0 Å². The number of fused-ring (bicyclic) bond motifs is 3. The molecule has 4 N–H and O–H groups in total. The molecule has 3 rings (SSSR count). The number of benzene rings is 2. The summed E-state index contributed by atoms with van der Waals surface area (Å²) in [6.45, 7) is 16.1. The van der Waals surface area contributed by atoms with Crippen molar-refractivity contribution in [2.24, 2.45) is 0 Å². The third-order valence-electron chi connectivity index (χ3n) is 8.07. The zero-order chi connectivity index (χ0) is 32.6. The molecule has 0 unspecified atom stereocenters. The number of thiophene rings is 1. The zero-order valence-corrected chi connectivity index (χ0v) is 28.1. The van der Waals surface area contributed by atoms with Gasteiger partial charge in [0.25, 0.3) is 11.8 Å². The Morgan fingerprint density at radius 3 is 1.76 bits per heavy atom. The summed E-state index contributed by atoms with van der Waals surface area (Å²) < 4.78 is 0.830. The van der Waals surface area contributed by atoms with E-state index in [0.29, 0.717) is 24.2 Å². The molecule has 0 saturated heterocycles. The van der Waals surface area contributed by atoms with E-state index in [2.05, 4.69) is 58.8 Å². The van der Waals surface area contributed by atoms with E-state index in [-0.39, 0.29) is 49.6 Å². The van der Waals surface area contributed by atoms with Gasteiger partial charge < -0.3 is 31.1 Å². The number of nitrogens with one attached hydrogen (secondary N) is 4. The highest BCUT2D eigenvalue weighted by Crippen LogP contribution is 2.33. The van der Waals surface area contributed by atoms with Gasteiger partial charge in [-0.15, -0.1) is 11.3 Å². The van der Waals surface area contributed by atoms with E-state index in [1.54, 1.807) is 6.07 Å². The second-order valence-corrected chi connectivity index (χ2v) is 11.9. The number of carbonyl (C=O) groups is 4. The van der Waals surface area contributed by atoms with Crippen molar-refractivity contribution in [1.29, 1.82) is 0 Å². The van der Waals surface area contributed by atoms with Crippen LogP contribution in [0.4, 0.5) is 0 Å². The van der Waals surface area contributed by atoms with Crippen LogP contribution in [0.15, 0.2) is 35.7 Å². The standard InChI is InChI=1S/C34H50N6O4S/c1-5-39(6-2)20-9-16-35-30(41)13-18-37-33(43)26-12-11-25-23-29(32-27(15-22-45-32)28(25)24-26)34(44)38-19-14-31(42)36-17-10-21-40(7-3)8-4/h11-12,15,22-24H,5-10,13-14,16-21H2,1-4H3,(H,35,41)(H,36,42)(H,37,43)(H,38,44). The first kappa shape index (κ1) is 35.9. The molecule has 1 heterocycles. The number of nitrogens with zero attached hydrogens (tertiary/aromatic N) is 2. The number of hydrogen-bond acceptors (Lipinski definition) is 7. The second kappa shape index (κ2) is 19.1. The molecule has 0 fully saturated rings. The molecule has 246 valence electrons. The smallest absolute Gasteiger partial charge is 0.252 e. The molecule has 0 atom stereocenters. The van der Waals surface area contributed by atoms with Crippen LogP contribution in [0.5, 0.6) is 0 Å². The summed E-state index contributed by atoms with van der Waals surface area (Å²) in [5.74, 6) is -0.632. The molecule has 1 aromatic heterocycles. The van der Waals surface area contributed by atoms with Crippen LogP contribution in [-0.2, 0) is 9.59 Å². The summed E-state index contributed by atoms with van der Waals surface area (Å²) >= 11 is 1.47. The van der Waals surface area contributed by atoms with Crippen molar-refractivity contribution < 1.29 is 19.2 Å². The number of amides is 4. The summed E-state index contributed by atoms with van der Waals surface area (Å²) in [5.41, 5.74) is 1.04. The quantitative estimate of drug-likeness (QED) is 0.139. The fourth-order valence-electron chi connectivity index (χ4n) is 5.27. The van der Waals surface area contributed by atoms with Crippen LogP contribution in [0, 0.1) is 0 Å². The minimum absolute atomic E-state index is 0.0769. The number of rotatable bonds is 20. The lowest BCUT2D eigenvalue weighted by Gasteiger charge is -2.17. The van der Waals surface area contributed by atoms with Gasteiger partial charge in [0, 0.05) is 54.7 Å². The van der Waals surface area contributed by atoms with Gasteiger partial charge in [0.05, 0.1) is 5.56 Å². The first-order chi connectivity index (χ1) is 21.8. The predicted octanol–water partition coefficient (Wildman–Crippen LogP) is 3.99. The van der Waals surface area contributed by atoms with E-state index in [1.807, 2.05) is 29.6 Å². The molecule has 0 saturated carbocycles. The molecule has 4 amide bonds. The lowest BCUT2D eigenvalue weighted by molar-refractivity contribution is -0.121. The highest BCUT2D eigenvalue weighted by Gasteiger charge is 2.16. The topological polar surface area (TPSA) is 123 Å². The van der Waals surface area contributed by atoms with Crippen molar-refractivity contribution in [3.8, 4) is 0 Å². The third kappa shape index (κ3) is 11.1. The molecular formula is C34H50N6O4S. The minimum Gasteiger partial charge on any atom is -0.356 e. The molecule has 0 aliphatic rings. The molecule has 10 nitrogen and oxygen atoms in total. The van der Waals surface area contributed by atoms with Gasteiger partial charge in [-0.1, -0.05) is 33.8 Å². The van der Waals surface area contributed by atoms with Gasteiger partial charge in [-0.05, 0) is 92.5 Å². The van der Waals surface area contributed by atoms with Crippen molar-refractivity contribution in [2.75, 3.05) is 65.4 Å². The molecule has 0 aliphatic carbocycles. The second-order valence-electron chi connectivity index (χ2n) is 11.0. The molecule has 3 aromatic rings. The van der Waals surface area contributed by atoms with E-state index in [1.165, 1.54) is 11.3 Å². The van der Waals surface area contributed by atoms with Crippen LogP contribution in [0.1, 0.15) is 74.1 Å². The maximum absolute atomic E-state index is 13.1. The zero-order valence-electron chi connectivity index (χ0n) is 27.3. The molecular weight excluding hydrogens is 588 g/mol. The van der Waals surface area contributed by atoms with Crippen molar-refractivity contribution in [3.63, 3.8) is 0 Å². The summed E-state index contributed by atoms with van der Waals surface area (Å²) in [5, 5.41) is 16.1. The monoisotopic (exact) mass is 638 g/mol. The summed E-state index contributed by atoms with van der Waals surface area (Å²) in [6, 6.07) is 9.20. The van der Waals surface area contributed by atoms with Gasteiger partial charge in [-0.3, -0.25) is 19.2 Å². The summed E-state index contributed by atoms with van der Waals surface area (Å²) in [7, 11) is 0. The van der Waals surface area contributed by atoms with Crippen molar-refractivity contribution in [3.05, 3.63) is 46.8 Å². The minimum atomic E-state index is -0.247. The van der Waals surface area contributed by atoms with Gasteiger partial charge in [0.1, 0.15) is 0 Å². The number of hydrogen-bond donors (Lipinski definition) is 4. The average Bonchev–Trinajstić information content (AvgIpc) is 3.55. The maximum Gasteiger partial charge on any atom is 0.252 e. The van der Waals surface area contributed by atoms with Crippen LogP contribution in [-0.4, -0.2) is 98.9 Å². The van der Waals surface area contributed by atoms with E-state index in [4.69, 9.17) is 0 Å². The summed E-state index contributed by atoms with van der Waals surface area (Å²) in [6.07, 6.45) is 2.22. The van der Waals surface area contributed by atoms with Crippen LogP contribution in [0.3, 0.4) is 0 Å². The predicted molar refractivity (Wildman–Crippen MR) is 184 cm³/mol. The van der Waals surface area contributed by atoms with Crippen molar-refractivity contribution in [1.82, 2.24) is 31.1 Å². The molecule has 0 aliphatic heterocycles.